The van der Waals surface area contributed by atoms with Crippen LogP contribution in [0.4, 0.5) is 0 Å². The number of hydrogen-bond donors (Lipinski definition) is 0. The Bertz CT molecular complexity index is 701. The van der Waals surface area contributed by atoms with Crippen LogP contribution in [0.1, 0.15) is 16.9 Å². The summed E-state index contributed by atoms with van der Waals surface area (Å²) in [5, 5.41) is 0.679. The smallest absolute Gasteiger partial charge is 0.117 e. The lowest BCUT2D eigenvalue weighted by Gasteiger charge is -2.21. The van der Waals surface area contributed by atoms with Crippen LogP contribution < -0.4 is 0 Å². The first-order valence-corrected chi connectivity index (χ1v) is 7.41. The summed E-state index contributed by atoms with van der Waals surface area (Å²) < 4.78 is 5.47. The molecule has 112 valence electrons. The molecule has 0 aliphatic rings. The van der Waals surface area contributed by atoms with Crippen LogP contribution in [0.5, 0.6) is 0 Å². The third-order valence-corrected chi connectivity index (χ3v) is 3.68. The fourth-order valence-electron chi connectivity index (χ4n) is 2.31. The van der Waals surface area contributed by atoms with E-state index in [0.717, 1.165) is 30.0 Å². The summed E-state index contributed by atoms with van der Waals surface area (Å²) in [5.74, 6) is 0.925. The molecular weight excluding hydrogens is 298 g/mol. The molecular formula is C17H16ClN3O. The van der Waals surface area contributed by atoms with Gasteiger partial charge in [-0.25, -0.2) is 0 Å². The lowest BCUT2D eigenvalue weighted by atomic mass is 10.2. The van der Waals surface area contributed by atoms with Gasteiger partial charge in [-0.1, -0.05) is 17.7 Å². The Labute approximate surface area is 134 Å². The number of aromatic nitrogens is 2. The normalized spacial score (nSPS) is 11.0. The highest BCUT2D eigenvalue weighted by Crippen LogP contribution is 2.19. The van der Waals surface area contributed by atoms with Gasteiger partial charge in [0.25, 0.3) is 0 Å². The van der Waals surface area contributed by atoms with Gasteiger partial charge in [0.15, 0.2) is 0 Å². The highest BCUT2D eigenvalue weighted by molar-refractivity contribution is 6.31. The summed E-state index contributed by atoms with van der Waals surface area (Å²) in [4.78, 5) is 10.5. The predicted molar refractivity (Wildman–Crippen MR) is 85.1 cm³/mol. The molecule has 3 rings (SSSR count). The van der Waals surface area contributed by atoms with Crippen LogP contribution in [0.15, 0.2) is 65.8 Å². The fourth-order valence-corrected chi connectivity index (χ4v) is 2.49. The molecule has 0 aliphatic carbocycles. The zero-order chi connectivity index (χ0) is 15.2. The van der Waals surface area contributed by atoms with E-state index in [1.807, 2.05) is 30.5 Å². The van der Waals surface area contributed by atoms with Gasteiger partial charge in [-0.15, -0.1) is 0 Å². The molecule has 0 unspecified atom stereocenters. The van der Waals surface area contributed by atoms with Crippen LogP contribution in [0.3, 0.4) is 0 Å². The topological polar surface area (TPSA) is 42.2 Å². The largest absolute Gasteiger partial charge is 0.468 e. The zero-order valence-electron chi connectivity index (χ0n) is 12.0. The first-order chi connectivity index (χ1) is 10.8. The Balaban J connectivity index is 1.78. The molecule has 0 fully saturated rings. The van der Waals surface area contributed by atoms with Crippen LogP contribution in [-0.4, -0.2) is 14.9 Å². The van der Waals surface area contributed by atoms with Crippen LogP contribution in [-0.2, 0) is 19.6 Å². The zero-order valence-corrected chi connectivity index (χ0v) is 12.8. The van der Waals surface area contributed by atoms with Crippen molar-refractivity contribution in [2.24, 2.45) is 0 Å². The lowest BCUT2D eigenvalue weighted by molar-refractivity contribution is 0.226. The van der Waals surface area contributed by atoms with Crippen molar-refractivity contribution in [1.82, 2.24) is 14.9 Å². The van der Waals surface area contributed by atoms with Crippen molar-refractivity contribution in [3.8, 4) is 0 Å². The highest BCUT2D eigenvalue weighted by Gasteiger charge is 2.12. The van der Waals surface area contributed by atoms with E-state index < -0.39 is 0 Å². The first kappa shape index (κ1) is 14.8. The SMILES string of the molecule is Clc1cnccc1CN(Cc1cccnc1)Cc1ccco1. The van der Waals surface area contributed by atoms with E-state index in [2.05, 4.69) is 20.9 Å². The monoisotopic (exact) mass is 313 g/mol. The molecule has 3 heterocycles. The molecule has 3 aromatic rings. The van der Waals surface area contributed by atoms with Crippen LogP contribution >= 0.6 is 11.6 Å². The maximum Gasteiger partial charge on any atom is 0.117 e. The molecule has 22 heavy (non-hydrogen) atoms. The second-order valence-electron chi connectivity index (χ2n) is 5.05. The fraction of sp³-hybridized carbons (Fsp3) is 0.176. The van der Waals surface area contributed by atoms with Gasteiger partial charge in [-0.3, -0.25) is 14.9 Å². The van der Waals surface area contributed by atoms with Crippen molar-refractivity contribution in [2.45, 2.75) is 19.6 Å². The number of furan rings is 1. The Hall–Kier alpha value is -2.17. The molecule has 3 aromatic heterocycles. The van der Waals surface area contributed by atoms with Crippen molar-refractivity contribution in [1.29, 1.82) is 0 Å². The van der Waals surface area contributed by atoms with E-state index >= 15 is 0 Å². The molecule has 0 bridgehead atoms. The minimum Gasteiger partial charge on any atom is -0.468 e. The van der Waals surface area contributed by atoms with Crippen molar-refractivity contribution < 1.29 is 4.42 Å². The molecule has 0 aliphatic heterocycles. The summed E-state index contributed by atoms with van der Waals surface area (Å²) in [5.41, 5.74) is 2.20. The summed E-state index contributed by atoms with van der Waals surface area (Å²) in [6, 6.07) is 9.83. The van der Waals surface area contributed by atoms with Crippen LogP contribution in [0.2, 0.25) is 5.02 Å². The first-order valence-electron chi connectivity index (χ1n) is 7.03. The number of pyridine rings is 2. The average molecular weight is 314 g/mol. The maximum absolute atomic E-state index is 6.23. The molecule has 0 aromatic carbocycles. The minimum absolute atomic E-state index is 0.679. The lowest BCUT2D eigenvalue weighted by Crippen LogP contribution is -2.22. The van der Waals surface area contributed by atoms with E-state index in [0.29, 0.717) is 11.6 Å². The summed E-state index contributed by atoms with van der Waals surface area (Å²) in [7, 11) is 0. The van der Waals surface area contributed by atoms with E-state index in [1.54, 1.807) is 24.9 Å². The van der Waals surface area contributed by atoms with E-state index in [9.17, 15) is 0 Å². The number of nitrogens with zero attached hydrogens (tertiary/aromatic N) is 3. The average Bonchev–Trinajstić information content (AvgIpc) is 3.03. The van der Waals surface area contributed by atoms with Gasteiger partial charge in [0, 0.05) is 37.9 Å². The second-order valence-corrected chi connectivity index (χ2v) is 5.46. The molecule has 0 saturated carbocycles. The third-order valence-electron chi connectivity index (χ3n) is 3.34. The van der Waals surface area contributed by atoms with Crippen molar-refractivity contribution in [3.63, 3.8) is 0 Å². The standard InChI is InChI=1S/C17H16ClN3O/c18-17-10-20-7-5-15(17)12-21(13-16-4-2-8-22-16)11-14-3-1-6-19-9-14/h1-10H,11-13H2. The predicted octanol–water partition coefficient (Wildman–Crippen LogP) is 3.93. The Morgan fingerprint density at radius 2 is 1.86 bits per heavy atom. The number of halogens is 1. The Morgan fingerprint density at radius 1 is 0.955 bits per heavy atom. The molecule has 0 amide bonds. The maximum atomic E-state index is 6.23. The molecule has 5 heteroatoms. The minimum atomic E-state index is 0.679. The van der Waals surface area contributed by atoms with Crippen molar-refractivity contribution in [3.05, 3.63) is 83.3 Å². The number of rotatable bonds is 6. The molecule has 0 spiro atoms. The molecule has 0 atom stereocenters. The van der Waals surface area contributed by atoms with Gasteiger partial charge >= 0.3 is 0 Å². The summed E-state index contributed by atoms with van der Waals surface area (Å²) in [6.45, 7) is 2.20. The Kier molecular flexibility index (Phi) is 4.83. The van der Waals surface area contributed by atoms with Crippen molar-refractivity contribution in [2.75, 3.05) is 0 Å². The molecule has 0 N–H and O–H groups in total. The van der Waals surface area contributed by atoms with Gasteiger partial charge in [-0.05, 0) is 35.4 Å². The van der Waals surface area contributed by atoms with Gasteiger partial charge in [0.1, 0.15) is 5.76 Å². The van der Waals surface area contributed by atoms with E-state index in [1.165, 1.54) is 0 Å². The van der Waals surface area contributed by atoms with Gasteiger partial charge < -0.3 is 4.42 Å². The number of hydrogen-bond acceptors (Lipinski definition) is 4. The third kappa shape index (κ3) is 3.93. The Morgan fingerprint density at radius 3 is 2.59 bits per heavy atom. The van der Waals surface area contributed by atoms with Gasteiger partial charge in [0.05, 0.1) is 17.8 Å². The summed E-state index contributed by atoms with van der Waals surface area (Å²) in [6.07, 6.45) is 8.78. The molecule has 4 nitrogen and oxygen atoms in total. The molecule has 0 saturated heterocycles. The molecule has 0 radical (unpaired) electrons. The summed E-state index contributed by atoms with van der Waals surface area (Å²) >= 11 is 6.23. The quantitative estimate of drug-likeness (QED) is 0.691. The van der Waals surface area contributed by atoms with Crippen LogP contribution in [0, 0.1) is 0 Å². The van der Waals surface area contributed by atoms with Crippen molar-refractivity contribution >= 4 is 11.6 Å². The van der Waals surface area contributed by atoms with Gasteiger partial charge in [-0.2, -0.15) is 0 Å². The highest BCUT2D eigenvalue weighted by atomic mass is 35.5. The van der Waals surface area contributed by atoms with E-state index in [4.69, 9.17) is 16.0 Å². The van der Waals surface area contributed by atoms with E-state index in [-0.39, 0.29) is 0 Å². The van der Waals surface area contributed by atoms with Gasteiger partial charge in [0.2, 0.25) is 0 Å². The van der Waals surface area contributed by atoms with Crippen LogP contribution in [0.25, 0.3) is 0 Å². The second kappa shape index (κ2) is 7.20.